The van der Waals surface area contributed by atoms with E-state index in [1.165, 1.54) is 38.6 Å². The highest BCUT2D eigenvalue weighted by Crippen LogP contribution is 2.50. The number of para-hydroxylation sites is 1. The molecule has 54 heavy (non-hydrogen) atoms. The van der Waals surface area contributed by atoms with Crippen LogP contribution in [0, 0.1) is 6.92 Å². The Morgan fingerprint density at radius 2 is 1.11 bits per heavy atom. The molecule has 1 aliphatic carbocycles. The van der Waals surface area contributed by atoms with Crippen LogP contribution in [-0.2, 0) is 5.41 Å². The highest BCUT2D eigenvalue weighted by atomic mass is 15.2. The van der Waals surface area contributed by atoms with Gasteiger partial charge < -0.3 is 4.90 Å². The number of aromatic nitrogens is 2. The van der Waals surface area contributed by atoms with Gasteiger partial charge in [0.2, 0.25) is 0 Å². The lowest BCUT2D eigenvalue weighted by molar-refractivity contribution is 0.660. The average molecular weight is 694 g/mol. The Morgan fingerprint density at radius 1 is 0.481 bits per heavy atom. The molecule has 0 amide bonds. The molecule has 0 saturated heterocycles. The van der Waals surface area contributed by atoms with Crippen LogP contribution in [0.2, 0.25) is 0 Å². The summed E-state index contributed by atoms with van der Waals surface area (Å²) < 4.78 is 2.14. The minimum absolute atomic E-state index is 0.0800. The van der Waals surface area contributed by atoms with Gasteiger partial charge in [0.25, 0.3) is 0 Å². The maximum absolute atomic E-state index is 5.27. The number of aryl methyl sites for hydroxylation is 1. The van der Waals surface area contributed by atoms with Gasteiger partial charge in [-0.15, -0.1) is 0 Å². The fraction of sp³-hybridized carbons (Fsp3) is 0.0784. The van der Waals surface area contributed by atoms with Gasteiger partial charge in [0.15, 0.2) is 0 Å². The van der Waals surface area contributed by atoms with E-state index in [1.54, 1.807) is 0 Å². The van der Waals surface area contributed by atoms with Crippen molar-refractivity contribution in [1.29, 1.82) is 0 Å². The van der Waals surface area contributed by atoms with E-state index in [-0.39, 0.29) is 5.41 Å². The van der Waals surface area contributed by atoms with Crippen molar-refractivity contribution in [1.82, 2.24) is 9.61 Å². The molecule has 2 heterocycles. The van der Waals surface area contributed by atoms with E-state index in [1.807, 2.05) is 0 Å². The fourth-order valence-electron chi connectivity index (χ4n) is 8.62. The van der Waals surface area contributed by atoms with Gasteiger partial charge in [-0.2, -0.15) is 5.10 Å². The molecule has 3 nitrogen and oxygen atoms in total. The number of nitrogens with zero attached hydrogens (tertiary/aromatic N) is 3. The molecule has 0 aliphatic heterocycles. The summed E-state index contributed by atoms with van der Waals surface area (Å²) in [6, 6.07) is 65.8. The lowest BCUT2D eigenvalue weighted by Crippen LogP contribution is -2.16. The van der Waals surface area contributed by atoms with Crippen LogP contribution < -0.4 is 4.90 Å². The molecule has 0 N–H and O–H groups in total. The number of pyridine rings is 1. The molecule has 0 atom stereocenters. The van der Waals surface area contributed by atoms with E-state index in [9.17, 15) is 0 Å². The molecule has 9 aromatic rings. The Morgan fingerprint density at radius 3 is 1.93 bits per heavy atom. The Labute approximate surface area is 316 Å². The van der Waals surface area contributed by atoms with Crippen LogP contribution in [0.1, 0.15) is 30.5 Å². The summed E-state index contributed by atoms with van der Waals surface area (Å²) in [7, 11) is 0. The van der Waals surface area contributed by atoms with Gasteiger partial charge in [-0.1, -0.05) is 153 Å². The highest BCUT2D eigenvalue weighted by molar-refractivity contribution is 6.01. The second-order valence-corrected chi connectivity index (χ2v) is 14.9. The van der Waals surface area contributed by atoms with Crippen LogP contribution in [0.25, 0.3) is 61.1 Å². The minimum Gasteiger partial charge on any atom is -0.310 e. The van der Waals surface area contributed by atoms with Gasteiger partial charge in [-0.25, -0.2) is 4.52 Å². The lowest BCUT2D eigenvalue weighted by atomic mass is 9.82. The second-order valence-electron chi connectivity index (χ2n) is 14.9. The normalized spacial score (nSPS) is 12.9. The first kappa shape index (κ1) is 32.0. The van der Waals surface area contributed by atoms with Crippen molar-refractivity contribution < 1.29 is 0 Å². The third-order valence-electron chi connectivity index (χ3n) is 11.4. The number of benzene rings is 7. The Balaban J connectivity index is 1.04. The van der Waals surface area contributed by atoms with Crippen LogP contribution in [0.3, 0.4) is 0 Å². The third kappa shape index (κ3) is 5.08. The minimum atomic E-state index is -0.0800. The molecule has 7 aromatic carbocycles. The van der Waals surface area contributed by atoms with Gasteiger partial charge in [-0.05, 0) is 88.2 Å². The summed E-state index contributed by atoms with van der Waals surface area (Å²) in [4.78, 5) is 2.38. The topological polar surface area (TPSA) is 20.5 Å². The molecule has 0 fully saturated rings. The monoisotopic (exact) mass is 693 g/mol. The van der Waals surface area contributed by atoms with E-state index in [4.69, 9.17) is 5.10 Å². The van der Waals surface area contributed by atoms with Crippen molar-refractivity contribution in [3.63, 3.8) is 0 Å². The molecule has 10 rings (SSSR count). The molecule has 0 saturated carbocycles. The molecule has 0 bridgehead atoms. The molecule has 2 aromatic heterocycles. The summed E-state index contributed by atoms with van der Waals surface area (Å²) in [5.74, 6) is 0. The van der Waals surface area contributed by atoms with E-state index < -0.39 is 0 Å². The Hall–Kier alpha value is -6.71. The van der Waals surface area contributed by atoms with Gasteiger partial charge in [0.05, 0.1) is 16.9 Å². The number of fused-ring (bicyclic) bond motifs is 6. The lowest BCUT2D eigenvalue weighted by Gasteiger charge is -2.28. The molecule has 258 valence electrons. The SMILES string of the molecule is Cc1c(-c2ccc(-c3cccc(N(c4ccccc4)c4ccc5c(c4)C(C)(C)c4ccccc4-5)c3)cc2)nn2c(-c3ccccc3)cc3ccccc3c12. The van der Waals surface area contributed by atoms with Gasteiger partial charge in [-0.3, -0.25) is 0 Å². The molecular formula is C51H39N3. The number of anilines is 3. The van der Waals surface area contributed by atoms with Crippen molar-refractivity contribution in [3.8, 4) is 44.8 Å². The van der Waals surface area contributed by atoms with E-state index in [0.29, 0.717) is 0 Å². The maximum Gasteiger partial charge on any atom is 0.0963 e. The van der Waals surface area contributed by atoms with Crippen molar-refractivity contribution in [2.24, 2.45) is 0 Å². The standard InChI is InChI=1S/C51H39N3/c1-34-49(52-54-48(36-15-6-4-7-16-36)32-39-17-10-11-22-43(39)50(34)54)37-27-25-35(26-28-37)38-18-14-21-41(31-38)53(40-19-8-5-9-20-40)42-29-30-45-44-23-12-13-24-46(44)51(2,3)47(45)33-42/h4-33H,1-3H3. The Kier molecular flexibility index (Phi) is 7.38. The van der Waals surface area contributed by atoms with Crippen molar-refractivity contribution >= 4 is 33.4 Å². The molecule has 0 radical (unpaired) electrons. The van der Waals surface area contributed by atoms with Crippen LogP contribution in [0.5, 0.6) is 0 Å². The van der Waals surface area contributed by atoms with Crippen molar-refractivity contribution in [2.45, 2.75) is 26.2 Å². The number of rotatable bonds is 6. The summed E-state index contributed by atoms with van der Waals surface area (Å²) in [6.45, 7) is 6.89. The Bertz CT molecular complexity index is 2850. The van der Waals surface area contributed by atoms with E-state index in [0.717, 1.165) is 56.2 Å². The quantitative estimate of drug-likeness (QED) is 0.173. The average Bonchev–Trinajstić information content (AvgIpc) is 3.69. The van der Waals surface area contributed by atoms with Crippen molar-refractivity contribution in [3.05, 3.63) is 199 Å². The summed E-state index contributed by atoms with van der Waals surface area (Å²) >= 11 is 0. The first-order chi connectivity index (χ1) is 26.5. The molecule has 0 unspecified atom stereocenters. The van der Waals surface area contributed by atoms with E-state index >= 15 is 0 Å². The van der Waals surface area contributed by atoms with Gasteiger partial charge in [0.1, 0.15) is 0 Å². The zero-order chi connectivity index (χ0) is 36.4. The molecular weight excluding hydrogens is 655 g/mol. The number of hydrogen-bond acceptors (Lipinski definition) is 2. The highest BCUT2D eigenvalue weighted by Gasteiger charge is 2.35. The predicted molar refractivity (Wildman–Crippen MR) is 226 cm³/mol. The van der Waals surface area contributed by atoms with Crippen LogP contribution >= 0.6 is 0 Å². The first-order valence-electron chi connectivity index (χ1n) is 18.7. The molecule has 3 heteroatoms. The van der Waals surface area contributed by atoms with Crippen LogP contribution in [0.4, 0.5) is 17.1 Å². The largest absolute Gasteiger partial charge is 0.310 e. The maximum atomic E-state index is 5.27. The second kappa shape index (κ2) is 12.5. The van der Waals surface area contributed by atoms with Crippen LogP contribution in [0.15, 0.2) is 182 Å². The van der Waals surface area contributed by atoms with E-state index in [2.05, 4.69) is 212 Å². The predicted octanol–water partition coefficient (Wildman–Crippen LogP) is 13.6. The third-order valence-corrected chi connectivity index (χ3v) is 11.4. The molecule has 1 aliphatic rings. The zero-order valence-electron chi connectivity index (χ0n) is 30.7. The van der Waals surface area contributed by atoms with Crippen LogP contribution in [-0.4, -0.2) is 9.61 Å². The zero-order valence-corrected chi connectivity index (χ0v) is 30.7. The summed E-state index contributed by atoms with van der Waals surface area (Å²) in [5.41, 5.74) is 17.7. The summed E-state index contributed by atoms with van der Waals surface area (Å²) in [5, 5.41) is 7.70. The summed E-state index contributed by atoms with van der Waals surface area (Å²) in [6.07, 6.45) is 0. The van der Waals surface area contributed by atoms with Gasteiger partial charge in [0, 0.05) is 44.6 Å². The smallest absolute Gasteiger partial charge is 0.0963 e. The molecule has 0 spiro atoms. The number of hydrogen-bond donors (Lipinski definition) is 0. The van der Waals surface area contributed by atoms with Gasteiger partial charge >= 0.3 is 0 Å². The first-order valence-corrected chi connectivity index (χ1v) is 18.7. The van der Waals surface area contributed by atoms with Crippen molar-refractivity contribution in [2.75, 3.05) is 4.90 Å². The fourth-order valence-corrected chi connectivity index (χ4v) is 8.62.